The van der Waals surface area contributed by atoms with E-state index in [0.717, 1.165) is 25.9 Å². The average molecular weight is 278 g/mol. The maximum Gasteiger partial charge on any atom is 0.338 e. The van der Waals surface area contributed by atoms with Gasteiger partial charge in [0.1, 0.15) is 5.75 Å². The molecule has 1 aromatic rings. The Kier molecular flexibility index (Phi) is 4.45. The van der Waals surface area contributed by atoms with E-state index in [1.807, 2.05) is 0 Å². The quantitative estimate of drug-likeness (QED) is 0.657. The van der Waals surface area contributed by atoms with Gasteiger partial charge in [0.2, 0.25) is 0 Å². The summed E-state index contributed by atoms with van der Waals surface area (Å²) in [4.78, 5) is 25.3. The number of esters is 1. The lowest BCUT2D eigenvalue weighted by Gasteiger charge is -2.15. The Morgan fingerprint density at radius 2 is 2.00 bits per heavy atom. The summed E-state index contributed by atoms with van der Waals surface area (Å²) in [6.07, 6.45) is 2.02. The largest absolute Gasteiger partial charge is 0.495 e. The summed E-state index contributed by atoms with van der Waals surface area (Å²) in [5.41, 5.74) is 6.42. The van der Waals surface area contributed by atoms with E-state index in [4.69, 9.17) is 15.2 Å². The molecule has 2 rings (SSSR count). The number of carbonyl (C=O) groups excluding carboxylic acids is 2. The molecule has 1 saturated heterocycles. The van der Waals surface area contributed by atoms with Crippen LogP contribution in [0.4, 0.5) is 5.69 Å². The van der Waals surface area contributed by atoms with E-state index in [1.54, 1.807) is 17.0 Å². The molecule has 0 spiro atoms. The molecule has 0 aliphatic carbocycles. The third kappa shape index (κ3) is 3.20. The standard InChI is InChI=1S/C14H18N2O4/c1-19-12-8-10(4-5-11(12)15)14(18)20-9-13(17)16-6-2-3-7-16/h4-5,8H,2-3,6-7,9,15H2,1H3. The minimum Gasteiger partial charge on any atom is -0.495 e. The van der Waals surface area contributed by atoms with Crippen LogP contribution in [0.25, 0.3) is 0 Å². The molecule has 1 fully saturated rings. The summed E-state index contributed by atoms with van der Waals surface area (Å²) < 4.78 is 10.0. The monoisotopic (exact) mass is 278 g/mol. The third-order valence-electron chi connectivity index (χ3n) is 3.25. The van der Waals surface area contributed by atoms with Crippen molar-refractivity contribution in [2.24, 2.45) is 0 Å². The van der Waals surface area contributed by atoms with E-state index in [1.165, 1.54) is 13.2 Å². The minimum atomic E-state index is -0.559. The predicted octanol–water partition coefficient (Wildman–Crippen LogP) is 1.06. The van der Waals surface area contributed by atoms with Gasteiger partial charge in [-0.15, -0.1) is 0 Å². The Bertz CT molecular complexity index is 510. The van der Waals surface area contributed by atoms with Gasteiger partial charge in [0.15, 0.2) is 6.61 Å². The number of rotatable bonds is 4. The van der Waals surface area contributed by atoms with Crippen LogP contribution in [0.5, 0.6) is 5.75 Å². The van der Waals surface area contributed by atoms with Crippen LogP contribution in [0.1, 0.15) is 23.2 Å². The van der Waals surface area contributed by atoms with Crippen molar-refractivity contribution in [2.75, 3.05) is 32.5 Å². The van der Waals surface area contributed by atoms with Gasteiger partial charge in [0, 0.05) is 13.1 Å². The topological polar surface area (TPSA) is 81.9 Å². The Balaban J connectivity index is 1.92. The van der Waals surface area contributed by atoms with Crippen molar-refractivity contribution in [3.63, 3.8) is 0 Å². The first-order valence-electron chi connectivity index (χ1n) is 6.50. The number of carbonyl (C=O) groups is 2. The summed E-state index contributed by atoms with van der Waals surface area (Å²) in [6, 6.07) is 4.61. The second-order valence-corrected chi connectivity index (χ2v) is 4.62. The van der Waals surface area contributed by atoms with Crippen LogP contribution >= 0.6 is 0 Å². The van der Waals surface area contributed by atoms with Gasteiger partial charge >= 0.3 is 5.97 Å². The Morgan fingerprint density at radius 3 is 2.65 bits per heavy atom. The number of ether oxygens (including phenoxy) is 2. The van der Waals surface area contributed by atoms with Gasteiger partial charge in [-0.25, -0.2) is 4.79 Å². The zero-order chi connectivity index (χ0) is 14.5. The van der Waals surface area contributed by atoms with Gasteiger partial charge in [-0.2, -0.15) is 0 Å². The van der Waals surface area contributed by atoms with Crippen molar-refractivity contribution in [3.05, 3.63) is 23.8 Å². The normalized spacial score (nSPS) is 14.2. The van der Waals surface area contributed by atoms with Gasteiger partial charge in [0.25, 0.3) is 5.91 Å². The van der Waals surface area contributed by atoms with Crippen LogP contribution in [0, 0.1) is 0 Å². The number of hydrogen-bond donors (Lipinski definition) is 1. The summed E-state index contributed by atoms with van der Waals surface area (Å²) in [5.74, 6) is -0.306. The first-order chi connectivity index (χ1) is 9.61. The van der Waals surface area contributed by atoms with Crippen LogP contribution in [0.2, 0.25) is 0 Å². The van der Waals surface area contributed by atoms with Crippen molar-refractivity contribution >= 4 is 17.6 Å². The first-order valence-corrected chi connectivity index (χ1v) is 6.50. The van der Waals surface area contributed by atoms with Crippen LogP contribution in [0.3, 0.4) is 0 Å². The molecule has 108 valence electrons. The average Bonchev–Trinajstić information content (AvgIpc) is 2.99. The van der Waals surface area contributed by atoms with E-state index in [0.29, 0.717) is 17.0 Å². The minimum absolute atomic E-state index is 0.154. The third-order valence-corrected chi connectivity index (χ3v) is 3.25. The molecule has 1 heterocycles. The van der Waals surface area contributed by atoms with E-state index < -0.39 is 5.97 Å². The van der Waals surface area contributed by atoms with Gasteiger partial charge in [-0.3, -0.25) is 4.79 Å². The van der Waals surface area contributed by atoms with E-state index in [2.05, 4.69) is 0 Å². The number of nitrogens with zero attached hydrogens (tertiary/aromatic N) is 1. The fraction of sp³-hybridized carbons (Fsp3) is 0.429. The molecule has 1 aliphatic heterocycles. The molecule has 0 aromatic heterocycles. The second-order valence-electron chi connectivity index (χ2n) is 4.62. The highest BCUT2D eigenvalue weighted by molar-refractivity contribution is 5.92. The maximum absolute atomic E-state index is 11.9. The summed E-state index contributed by atoms with van der Waals surface area (Å²) in [5, 5.41) is 0. The molecule has 6 nitrogen and oxygen atoms in total. The molecule has 0 saturated carbocycles. The molecule has 1 aromatic carbocycles. The van der Waals surface area contributed by atoms with Crippen molar-refractivity contribution in [2.45, 2.75) is 12.8 Å². The highest BCUT2D eigenvalue weighted by Crippen LogP contribution is 2.22. The molecular weight excluding hydrogens is 260 g/mol. The number of nitrogen functional groups attached to an aromatic ring is 1. The number of hydrogen-bond acceptors (Lipinski definition) is 5. The van der Waals surface area contributed by atoms with Gasteiger partial charge < -0.3 is 20.1 Å². The van der Waals surface area contributed by atoms with E-state index in [9.17, 15) is 9.59 Å². The van der Waals surface area contributed by atoms with Crippen molar-refractivity contribution in [3.8, 4) is 5.75 Å². The first kappa shape index (κ1) is 14.2. The summed E-state index contributed by atoms with van der Waals surface area (Å²) in [6.45, 7) is 1.25. The second kappa shape index (κ2) is 6.27. The van der Waals surface area contributed by atoms with E-state index in [-0.39, 0.29) is 12.5 Å². The van der Waals surface area contributed by atoms with Crippen LogP contribution in [-0.2, 0) is 9.53 Å². The number of nitrogens with two attached hydrogens (primary N) is 1. The van der Waals surface area contributed by atoms with Crippen molar-refractivity contribution in [1.82, 2.24) is 4.90 Å². The smallest absolute Gasteiger partial charge is 0.338 e. The molecule has 0 bridgehead atoms. The fourth-order valence-electron chi connectivity index (χ4n) is 2.11. The summed E-state index contributed by atoms with van der Waals surface area (Å²) >= 11 is 0. The Labute approximate surface area is 117 Å². The molecule has 0 radical (unpaired) electrons. The number of anilines is 1. The Hall–Kier alpha value is -2.24. The fourth-order valence-corrected chi connectivity index (χ4v) is 2.11. The molecule has 6 heteroatoms. The molecule has 0 atom stereocenters. The van der Waals surface area contributed by atoms with Gasteiger partial charge in [-0.1, -0.05) is 0 Å². The lowest BCUT2D eigenvalue weighted by molar-refractivity contribution is -0.133. The lowest BCUT2D eigenvalue weighted by atomic mass is 10.2. The molecular formula is C14H18N2O4. The molecule has 0 unspecified atom stereocenters. The number of benzene rings is 1. The summed E-state index contributed by atoms with van der Waals surface area (Å²) in [7, 11) is 1.47. The van der Waals surface area contributed by atoms with Gasteiger partial charge in [0.05, 0.1) is 18.4 Å². The molecule has 1 aliphatic rings. The zero-order valence-electron chi connectivity index (χ0n) is 11.4. The van der Waals surface area contributed by atoms with Crippen LogP contribution in [-0.4, -0.2) is 43.6 Å². The molecule has 2 N–H and O–H groups in total. The van der Waals surface area contributed by atoms with Crippen LogP contribution in [0.15, 0.2) is 18.2 Å². The lowest BCUT2D eigenvalue weighted by Crippen LogP contribution is -2.32. The predicted molar refractivity (Wildman–Crippen MR) is 73.5 cm³/mol. The van der Waals surface area contributed by atoms with Crippen molar-refractivity contribution < 1.29 is 19.1 Å². The zero-order valence-corrected chi connectivity index (χ0v) is 11.4. The SMILES string of the molecule is COc1cc(C(=O)OCC(=O)N2CCCC2)ccc1N. The highest BCUT2D eigenvalue weighted by atomic mass is 16.5. The maximum atomic E-state index is 11.9. The van der Waals surface area contributed by atoms with E-state index >= 15 is 0 Å². The molecule has 20 heavy (non-hydrogen) atoms. The number of amides is 1. The number of methoxy groups -OCH3 is 1. The number of likely N-dealkylation sites (tertiary alicyclic amines) is 1. The molecule has 1 amide bonds. The van der Waals surface area contributed by atoms with Crippen molar-refractivity contribution in [1.29, 1.82) is 0 Å². The van der Waals surface area contributed by atoms with Crippen LogP contribution < -0.4 is 10.5 Å². The van der Waals surface area contributed by atoms with Gasteiger partial charge in [-0.05, 0) is 31.0 Å². The highest BCUT2D eigenvalue weighted by Gasteiger charge is 2.19. The Morgan fingerprint density at radius 1 is 1.30 bits per heavy atom.